The van der Waals surface area contributed by atoms with Crippen LogP contribution >= 0.6 is 0 Å². The second-order valence-electron chi connectivity index (χ2n) is 5.69. The van der Waals surface area contributed by atoms with Crippen molar-refractivity contribution in [2.45, 2.75) is 32.9 Å². The first-order chi connectivity index (χ1) is 9.72. The van der Waals surface area contributed by atoms with E-state index in [2.05, 4.69) is 66.9 Å². The fraction of sp³-hybridized carbons (Fsp3) is 0.333. The van der Waals surface area contributed by atoms with Crippen LogP contribution in [0.1, 0.15) is 20.3 Å². The molecule has 2 unspecified atom stereocenters. The molecule has 2 atom stereocenters. The molecule has 2 N–H and O–H groups in total. The van der Waals surface area contributed by atoms with Crippen molar-refractivity contribution in [1.29, 1.82) is 0 Å². The molecule has 0 aliphatic carbocycles. The Morgan fingerprint density at radius 1 is 0.950 bits per heavy atom. The zero-order valence-electron chi connectivity index (χ0n) is 12.2. The minimum atomic E-state index is 0.194. The predicted molar refractivity (Wildman–Crippen MR) is 86.9 cm³/mol. The highest BCUT2D eigenvalue weighted by molar-refractivity contribution is 6.07. The molecule has 2 nitrogen and oxygen atoms in total. The van der Waals surface area contributed by atoms with Crippen LogP contribution in [-0.4, -0.2) is 10.6 Å². The van der Waals surface area contributed by atoms with Crippen molar-refractivity contribution in [3.8, 4) is 0 Å². The summed E-state index contributed by atoms with van der Waals surface area (Å²) in [6.45, 7) is 5.32. The van der Waals surface area contributed by atoms with Crippen molar-refractivity contribution in [1.82, 2.24) is 4.57 Å². The second kappa shape index (κ2) is 5.29. The van der Waals surface area contributed by atoms with Crippen LogP contribution in [0.25, 0.3) is 21.8 Å². The molecule has 3 rings (SSSR count). The van der Waals surface area contributed by atoms with Gasteiger partial charge in [-0.05, 0) is 18.1 Å². The predicted octanol–water partition coefficient (Wildman–Crippen LogP) is 4.17. The summed E-state index contributed by atoms with van der Waals surface area (Å²) in [6.07, 6.45) is 1.12. The lowest BCUT2D eigenvalue weighted by molar-refractivity contribution is 0.404. The van der Waals surface area contributed by atoms with Gasteiger partial charge in [-0.1, -0.05) is 56.7 Å². The molecule has 1 heterocycles. The van der Waals surface area contributed by atoms with Crippen LogP contribution < -0.4 is 5.73 Å². The van der Waals surface area contributed by atoms with Crippen LogP contribution in [0, 0.1) is 5.92 Å². The van der Waals surface area contributed by atoms with Gasteiger partial charge in [0.25, 0.3) is 0 Å². The molecule has 20 heavy (non-hydrogen) atoms. The summed E-state index contributed by atoms with van der Waals surface area (Å²) in [7, 11) is 0. The molecule has 2 heteroatoms. The topological polar surface area (TPSA) is 30.9 Å². The van der Waals surface area contributed by atoms with E-state index >= 15 is 0 Å². The van der Waals surface area contributed by atoms with Gasteiger partial charge in [0.1, 0.15) is 0 Å². The fourth-order valence-electron chi connectivity index (χ4n) is 2.89. The standard InChI is InChI=1S/C18H22N2/c1-3-13(2)16(19)12-20-17-10-6-4-8-14(17)15-9-5-7-11-18(15)20/h4-11,13,16H,3,12,19H2,1-2H3. The molecular formula is C18H22N2. The van der Waals surface area contributed by atoms with Crippen LogP contribution in [-0.2, 0) is 6.54 Å². The number of aromatic nitrogens is 1. The van der Waals surface area contributed by atoms with Gasteiger partial charge in [0.15, 0.2) is 0 Å². The monoisotopic (exact) mass is 266 g/mol. The van der Waals surface area contributed by atoms with E-state index in [4.69, 9.17) is 5.73 Å². The highest BCUT2D eigenvalue weighted by Gasteiger charge is 2.15. The van der Waals surface area contributed by atoms with Gasteiger partial charge in [0.05, 0.1) is 0 Å². The van der Waals surface area contributed by atoms with E-state index in [0.29, 0.717) is 5.92 Å². The number of hydrogen-bond donors (Lipinski definition) is 1. The molecule has 0 spiro atoms. The van der Waals surface area contributed by atoms with Crippen molar-refractivity contribution in [3.63, 3.8) is 0 Å². The lowest BCUT2D eigenvalue weighted by atomic mass is 10.00. The van der Waals surface area contributed by atoms with E-state index in [-0.39, 0.29) is 6.04 Å². The Morgan fingerprint density at radius 2 is 1.45 bits per heavy atom. The molecule has 1 aromatic heterocycles. The summed E-state index contributed by atoms with van der Waals surface area (Å²) in [5.41, 5.74) is 8.95. The Balaban J connectivity index is 2.16. The van der Waals surface area contributed by atoms with Crippen molar-refractivity contribution in [2.75, 3.05) is 0 Å². The molecule has 0 saturated heterocycles. The molecule has 104 valence electrons. The SMILES string of the molecule is CCC(C)C(N)Cn1c2ccccc2c2ccccc21. The Morgan fingerprint density at radius 3 is 1.95 bits per heavy atom. The quantitative estimate of drug-likeness (QED) is 0.755. The maximum atomic E-state index is 6.38. The molecule has 0 fully saturated rings. The first kappa shape index (κ1) is 13.2. The van der Waals surface area contributed by atoms with Gasteiger partial charge in [-0.2, -0.15) is 0 Å². The van der Waals surface area contributed by atoms with Crippen LogP contribution in [0.2, 0.25) is 0 Å². The smallest absolute Gasteiger partial charge is 0.0491 e. The van der Waals surface area contributed by atoms with Gasteiger partial charge in [-0.25, -0.2) is 0 Å². The van der Waals surface area contributed by atoms with Crippen LogP contribution in [0.3, 0.4) is 0 Å². The number of para-hydroxylation sites is 2. The van der Waals surface area contributed by atoms with Gasteiger partial charge >= 0.3 is 0 Å². The molecule has 0 aliphatic heterocycles. The minimum Gasteiger partial charge on any atom is -0.339 e. The summed E-state index contributed by atoms with van der Waals surface area (Å²) in [6, 6.07) is 17.4. The maximum absolute atomic E-state index is 6.38. The zero-order chi connectivity index (χ0) is 14.1. The van der Waals surface area contributed by atoms with Crippen LogP contribution in [0.5, 0.6) is 0 Å². The maximum Gasteiger partial charge on any atom is 0.0491 e. The Labute approximate surface area is 120 Å². The number of benzene rings is 2. The average Bonchev–Trinajstić information content (AvgIpc) is 2.81. The summed E-state index contributed by atoms with van der Waals surface area (Å²) in [5.74, 6) is 0.537. The highest BCUT2D eigenvalue weighted by atomic mass is 15.0. The normalized spacial score (nSPS) is 14.8. The number of hydrogen-bond acceptors (Lipinski definition) is 1. The lowest BCUT2D eigenvalue weighted by Gasteiger charge is -2.20. The zero-order valence-corrected chi connectivity index (χ0v) is 12.2. The number of nitrogens with zero attached hydrogens (tertiary/aromatic N) is 1. The van der Waals surface area contributed by atoms with Crippen molar-refractivity contribution in [3.05, 3.63) is 48.5 Å². The van der Waals surface area contributed by atoms with Gasteiger partial charge in [-0.15, -0.1) is 0 Å². The van der Waals surface area contributed by atoms with Crippen molar-refractivity contribution in [2.24, 2.45) is 11.7 Å². The third-order valence-corrected chi connectivity index (χ3v) is 4.45. The largest absolute Gasteiger partial charge is 0.339 e. The molecule has 0 radical (unpaired) electrons. The Kier molecular flexibility index (Phi) is 3.49. The van der Waals surface area contributed by atoms with Gasteiger partial charge < -0.3 is 10.3 Å². The number of rotatable bonds is 4. The average molecular weight is 266 g/mol. The molecule has 0 amide bonds. The minimum absolute atomic E-state index is 0.194. The van der Waals surface area contributed by atoms with E-state index in [1.54, 1.807) is 0 Å². The van der Waals surface area contributed by atoms with Crippen LogP contribution in [0.4, 0.5) is 0 Å². The molecule has 2 aromatic carbocycles. The van der Waals surface area contributed by atoms with E-state index in [1.165, 1.54) is 21.8 Å². The molecular weight excluding hydrogens is 244 g/mol. The fourth-order valence-corrected chi connectivity index (χ4v) is 2.89. The van der Waals surface area contributed by atoms with E-state index in [9.17, 15) is 0 Å². The number of fused-ring (bicyclic) bond motifs is 3. The van der Waals surface area contributed by atoms with Crippen molar-refractivity contribution >= 4 is 21.8 Å². The summed E-state index contributed by atoms with van der Waals surface area (Å²) in [4.78, 5) is 0. The first-order valence-electron chi connectivity index (χ1n) is 7.44. The Bertz CT molecular complexity index is 673. The first-order valence-corrected chi connectivity index (χ1v) is 7.44. The van der Waals surface area contributed by atoms with E-state index in [1.807, 2.05) is 0 Å². The molecule has 0 saturated carbocycles. The number of nitrogens with two attached hydrogens (primary N) is 1. The lowest BCUT2D eigenvalue weighted by Crippen LogP contribution is -2.32. The van der Waals surface area contributed by atoms with E-state index < -0.39 is 0 Å². The molecule has 0 aliphatic rings. The third-order valence-electron chi connectivity index (χ3n) is 4.45. The highest BCUT2D eigenvalue weighted by Crippen LogP contribution is 2.29. The van der Waals surface area contributed by atoms with E-state index in [0.717, 1.165) is 13.0 Å². The third kappa shape index (κ3) is 2.10. The second-order valence-corrected chi connectivity index (χ2v) is 5.69. The summed E-state index contributed by atoms with van der Waals surface area (Å²) in [5, 5.41) is 2.64. The Hall–Kier alpha value is -1.80. The van der Waals surface area contributed by atoms with Crippen molar-refractivity contribution < 1.29 is 0 Å². The summed E-state index contributed by atoms with van der Waals surface area (Å²) >= 11 is 0. The molecule has 3 aromatic rings. The van der Waals surface area contributed by atoms with Crippen LogP contribution in [0.15, 0.2) is 48.5 Å². The van der Waals surface area contributed by atoms with Gasteiger partial charge in [0.2, 0.25) is 0 Å². The van der Waals surface area contributed by atoms with Gasteiger partial charge in [-0.3, -0.25) is 0 Å². The summed E-state index contributed by atoms with van der Waals surface area (Å²) < 4.78 is 2.38. The molecule has 0 bridgehead atoms. The van der Waals surface area contributed by atoms with Gasteiger partial charge in [0, 0.05) is 34.4 Å².